The molecule has 0 saturated carbocycles. The molecule has 172 valence electrons. The predicted molar refractivity (Wildman–Crippen MR) is 138 cm³/mol. The molecule has 0 aliphatic carbocycles. The summed E-state index contributed by atoms with van der Waals surface area (Å²) in [6, 6.07) is 20.8. The van der Waals surface area contributed by atoms with Gasteiger partial charge in [0.15, 0.2) is 0 Å². The van der Waals surface area contributed by atoms with Gasteiger partial charge in [0.05, 0.1) is 0 Å². The van der Waals surface area contributed by atoms with E-state index in [4.69, 9.17) is 23.2 Å². The molecule has 2 heterocycles. The van der Waals surface area contributed by atoms with E-state index < -0.39 is 12.0 Å². The second-order valence-electron chi connectivity index (χ2n) is 8.37. The molecule has 0 amide bonds. The summed E-state index contributed by atoms with van der Waals surface area (Å²) >= 11 is 12.5. The zero-order valence-corrected chi connectivity index (χ0v) is 19.8. The maximum absolute atomic E-state index is 12.1. The SMILES string of the molecule is O=C(O)[C@@H](Cc1c[nH]c2ccccc12)NCc1cn(Cc2ccc(Cl)cc2Cl)c2ccccc12. The third kappa shape index (κ3) is 4.55. The number of carboxylic acids is 1. The zero-order chi connectivity index (χ0) is 23.7. The Balaban J connectivity index is 1.39. The Bertz CT molecular complexity index is 1490. The molecule has 3 N–H and O–H groups in total. The second-order valence-corrected chi connectivity index (χ2v) is 9.21. The van der Waals surface area contributed by atoms with Gasteiger partial charge in [0.25, 0.3) is 0 Å². The van der Waals surface area contributed by atoms with Crippen LogP contribution in [0.5, 0.6) is 0 Å². The highest BCUT2D eigenvalue weighted by Crippen LogP contribution is 2.26. The standard InChI is InChI=1S/C27H23Cl2N3O2/c28-20-10-9-17(23(29)12-20)15-32-16-19(22-6-2-4-8-26(22)32)14-31-25(27(33)34)11-18-13-30-24-7-3-1-5-21(18)24/h1-10,12-13,16,25,30-31H,11,14-15H2,(H,33,34)/t25-/m1/s1. The summed E-state index contributed by atoms with van der Waals surface area (Å²) in [4.78, 5) is 15.3. The van der Waals surface area contributed by atoms with Gasteiger partial charge in [-0.1, -0.05) is 65.7 Å². The first-order valence-corrected chi connectivity index (χ1v) is 11.8. The number of halogens is 2. The van der Waals surface area contributed by atoms with E-state index in [0.717, 1.165) is 38.5 Å². The van der Waals surface area contributed by atoms with Crippen LogP contribution in [0.2, 0.25) is 10.0 Å². The van der Waals surface area contributed by atoms with Crippen molar-refractivity contribution in [3.05, 3.63) is 106 Å². The van der Waals surface area contributed by atoms with Crippen molar-refractivity contribution in [1.82, 2.24) is 14.9 Å². The van der Waals surface area contributed by atoms with Crippen LogP contribution in [0, 0.1) is 0 Å². The van der Waals surface area contributed by atoms with Gasteiger partial charge in [0, 0.05) is 63.8 Å². The van der Waals surface area contributed by atoms with Crippen molar-refractivity contribution < 1.29 is 9.90 Å². The number of carbonyl (C=O) groups is 1. The zero-order valence-electron chi connectivity index (χ0n) is 18.3. The van der Waals surface area contributed by atoms with Gasteiger partial charge in [0.2, 0.25) is 0 Å². The lowest BCUT2D eigenvalue weighted by atomic mass is 10.0. The van der Waals surface area contributed by atoms with Crippen molar-refractivity contribution in [2.24, 2.45) is 0 Å². The summed E-state index contributed by atoms with van der Waals surface area (Å²) in [5.41, 5.74) is 5.05. The number of nitrogens with one attached hydrogen (secondary N) is 2. The van der Waals surface area contributed by atoms with Crippen LogP contribution >= 0.6 is 23.2 Å². The predicted octanol–water partition coefficient (Wildman–Crippen LogP) is 6.26. The smallest absolute Gasteiger partial charge is 0.321 e. The maximum Gasteiger partial charge on any atom is 0.321 e. The number of hydrogen-bond acceptors (Lipinski definition) is 2. The number of aliphatic carboxylic acids is 1. The molecule has 0 fully saturated rings. The number of fused-ring (bicyclic) bond motifs is 2. The molecule has 0 aliphatic heterocycles. The Hall–Kier alpha value is -3.25. The molecule has 0 bridgehead atoms. The molecule has 2 aromatic heterocycles. The van der Waals surface area contributed by atoms with Crippen molar-refractivity contribution in [3.8, 4) is 0 Å². The first kappa shape index (κ1) is 22.5. The highest BCUT2D eigenvalue weighted by molar-refractivity contribution is 6.35. The van der Waals surface area contributed by atoms with Crippen LogP contribution in [0.15, 0.2) is 79.1 Å². The number of carboxylic acid groups (broad SMARTS) is 1. The summed E-state index contributed by atoms with van der Waals surface area (Å²) in [5.74, 6) is -0.873. The quantitative estimate of drug-likeness (QED) is 0.239. The minimum absolute atomic E-state index is 0.387. The van der Waals surface area contributed by atoms with Crippen molar-refractivity contribution in [3.63, 3.8) is 0 Å². The Morgan fingerprint density at radius 1 is 0.971 bits per heavy atom. The van der Waals surface area contributed by atoms with Gasteiger partial charge in [-0.25, -0.2) is 0 Å². The van der Waals surface area contributed by atoms with Gasteiger partial charge in [-0.2, -0.15) is 0 Å². The molecule has 1 atom stereocenters. The fourth-order valence-corrected chi connectivity index (χ4v) is 4.90. The topological polar surface area (TPSA) is 70.0 Å². The Kier molecular flexibility index (Phi) is 6.33. The van der Waals surface area contributed by atoms with Crippen LogP contribution in [0.25, 0.3) is 21.8 Å². The van der Waals surface area contributed by atoms with E-state index in [1.807, 2.05) is 54.7 Å². The average Bonchev–Trinajstić information content (AvgIpc) is 3.40. The van der Waals surface area contributed by atoms with Crippen molar-refractivity contribution in [2.45, 2.75) is 25.6 Å². The highest BCUT2D eigenvalue weighted by Gasteiger charge is 2.20. The molecule has 5 rings (SSSR count). The highest BCUT2D eigenvalue weighted by atomic mass is 35.5. The van der Waals surface area contributed by atoms with Gasteiger partial charge >= 0.3 is 5.97 Å². The van der Waals surface area contributed by atoms with E-state index in [2.05, 4.69) is 33.2 Å². The number of H-pyrrole nitrogens is 1. The molecule has 0 spiro atoms. The molecule has 34 heavy (non-hydrogen) atoms. The van der Waals surface area contributed by atoms with Crippen LogP contribution in [-0.4, -0.2) is 26.7 Å². The number of hydrogen-bond donors (Lipinski definition) is 3. The number of rotatable bonds is 8. The van der Waals surface area contributed by atoms with Gasteiger partial charge in [-0.15, -0.1) is 0 Å². The molecule has 5 aromatic rings. The number of benzene rings is 3. The van der Waals surface area contributed by atoms with Crippen LogP contribution in [0.3, 0.4) is 0 Å². The first-order chi connectivity index (χ1) is 16.5. The average molecular weight is 492 g/mol. The minimum atomic E-state index is -0.873. The van der Waals surface area contributed by atoms with E-state index in [1.54, 1.807) is 6.07 Å². The van der Waals surface area contributed by atoms with Gasteiger partial charge in [0.1, 0.15) is 6.04 Å². The summed E-state index contributed by atoms with van der Waals surface area (Å²) in [6.07, 6.45) is 4.34. The van der Waals surface area contributed by atoms with Crippen molar-refractivity contribution in [1.29, 1.82) is 0 Å². The summed E-state index contributed by atoms with van der Waals surface area (Å²) < 4.78 is 2.14. The van der Waals surface area contributed by atoms with Gasteiger partial charge in [-0.3, -0.25) is 10.1 Å². The largest absolute Gasteiger partial charge is 0.480 e. The number of para-hydroxylation sites is 2. The number of aromatic nitrogens is 2. The Morgan fingerprint density at radius 3 is 2.53 bits per heavy atom. The van der Waals surface area contributed by atoms with Crippen LogP contribution in [-0.2, 0) is 24.3 Å². The molecule has 0 radical (unpaired) electrons. The van der Waals surface area contributed by atoms with Gasteiger partial charge in [-0.05, 0) is 41.0 Å². The monoisotopic (exact) mass is 491 g/mol. The summed E-state index contributed by atoms with van der Waals surface area (Å²) in [7, 11) is 0. The normalized spacial score (nSPS) is 12.4. The van der Waals surface area contributed by atoms with E-state index in [0.29, 0.717) is 29.6 Å². The van der Waals surface area contributed by atoms with Gasteiger partial charge < -0.3 is 14.7 Å². The number of nitrogens with zero attached hydrogens (tertiary/aromatic N) is 1. The van der Waals surface area contributed by atoms with E-state index in [-0.39, 0.29) is 0 Å². The lowest BCUT2D eigenvalue weighted by molar-refractivity contribution is -0.139. The third-order valence-electron chi connectivity index (χ3n) is 6.16. The molecule has 0 saturated heterocycles. The van der Waals surface area contributed by atoms with Crippen molar-refractivity contribution in [2.75, 3.05) is 0 Å². The van der Waals surface area contributed by atoms with Crippen molar-refractivity contribution >= 4 is 51.0 Å². The first-order valence-electron chi connectivity index (χ1n) is 11.0. The Morgan fingerprint density at radius 2 is 1.74 bits per heavy atom. The molecule has 0 unspecified atom stereocenters. The fourth-order valence-electron chi connectivity index (χ4n) is 4.43. The summed E-state index contributed by atoms with van der Waals surface area (Å²) in [6.45, 7) is 1.02. The lowest BCUT2D eigenvalue weighted by Gasteiger charge is -2.14. The maximum atomic E-state index is 12.1. The van der Waals surface area contributed by atoms with Crippen LogP contribution in [0.4, 0.5) is 0 Å². The molecule has 7 heteroatoms. The molecule has 5 nitrogen and oxygen atoms in total. The van der Waals surface area contributed by atoms with E-state index in [9.17, 15) is 9.90 Å². The van der Waals surface area contributed by atoms with Crippen LogP contribution < -0.4 is 5.32 Å². The molecule has 0 aliphatic rings. The Labute approximate surface area is 206 Å². The minimum Gasteiger partial charge on any atom is -0.480 e. The fraction of sp³-hybridized carbons (Fsp3) is 0.148. The molecular weight excluding hydrogens is 469 g/mol. The number of aromatic amines is 1. The van der Waals surface area contributed by atoms with E-state index >= 15 is 0 Å². The van der Waals surface area contributed by atoms with E-state index in [1.165, 1.54) is 0 Å². The van der Waals surface area contributed by atoms with Crippen LogP contribution in [0.1, 0.15) is 16.7 Å². The second kappa shape index (κ2) is 9.55. The summed E-state index contributed by atoms with van der Waals surface area (Å²) in [5, 5.41) is 16.5. The third-order valence-corrected chi connectivity index (χ3v) is 6.75. The molecular formula is C27H23Cl2N3O2. The lowest BCUT2D eigenvalue weighted by Crippen LogP contribution is -2.38. The molecule has 3 aromatic carbocycles.